The molecule has 0 N–H and O–H groups in total. The second kappa shape index (κ2) is 6.70. The first-order chi connectivity index (χ1) is 14.1. The van der Waals surface area contributed by atoms with Crippen LogP contribution in [-0.2, 0) is 11.0 Å². The molecule has 11 heteroatoms. The number of anilines is 2. The van der Waals surface area contributed by atoms with Crippen LogP contribution in [0, 0.1) is 23.0 Å². The van der Waals surface area contributed by atoms with Crippen molar-refractivity contribution in [3.05, 3.63) is 53.4 Å². The number of halogens is 5. The molecule has 2 heterocycles. The van der Waals surface area contributed by atoms with Gasteiger partial charge in [0, 0.05) is 6.07 Å². The summed E-state index contributed by atoms with van der Waals surface area (Å²) >= 11 is 5.34. The van der Waals surface area contributed by atoms with Crippen LogP contribution in [0.3, 0.4) is 0 Å². The van der Waals surface area contributed by atoms with E-state index in [1.165, 1.54) is 11.0 Å². The van der Waals surface area contributed by atoms with Crippen molar-refractivity contribution >= 4 is 34.6 Å². The summed E-state index contributed by atoms with van der Waals surface area (Å²) in [5, 5.41) is 8.67. The van der Waals surface area contributed by atoms with Gasteiger partial charge >= 0.3 is 6.18 Å². The lowest BCUT2D eigenvalue weighted by Gasteiger charge is -2.43. The molecule has 5 nitrogen and oxygen atoms in total. The van der Waals surface area contributed by atoms with E-state index >= 15 is 0 Å². The minimum Gasteiger partial charge on any atom is -0.300 e. The molecule has 0 unspecified atom stereocenters. The molecule has 0 atom stereocenters. The molecular weight excluding hydrogens is 427 g/mol. The molecule has 1 aliphatic heterocycles. The predicted molar refractivity (Wildman–Crippen MR) is 99.5 cm³/mol. The lowest BCUT2D eigenvalue weighted by atomic mass is 9.75. The average Bonchev–Trinajstić information content (AvgIpc) is 2.87. The summed E-state index contributed by atoms with van der Waals surface area (Å²) in [6.45, 7) is 0. The van der Waals surface area contributed by atoms with Gasteiger partial charge < -0.3 is 4.90 Å². The Bertz CT molecular complexity index is 1120. The van der Waals surface area contributed by atoms with Gasteiger partial charge in [0.2, 0.25) is 0 Å². The molecule has 30 heavy (non-hydrogen) atoms. The van der Waals surface area contributed by atoms with E-state index in [2.05, 4.69) is 4.98 Å². The third kappa shape index (κ3) is 2.82. The summed E-state index contributed by atoms with van der Waals surface area (Å²) in [6.07, 6.45) is -2.71. The summed E-state index contributed by atoms with van der Waals surface area (Å²) in [7, 11) is 0. The predicted octanol–water partition coefficient (Wildman–Crippen LogP) is 4.31. The van der Waals surface area contributed by atoms with E-state index in [9.17, 15) is 26.7 Å². The topological polar surface area (TPSA) is 60.2 Å². The van der Waals surface area contributed by atoms with Gasteiger partial charge in [-0.2, -0.15) is 18.4 Å². The Balaban J connectivity index is 1.84. The van der Waals surface area contributed by atoms with Gasteiger partial charge in [-0.05, 0) is 49.7 Å². The van der Waals surface area contributed by atoms with Crippen molar-refractivity contribution in [2.45, 2.75) is 31.0 Å². The van der Waals surface area contributed by atoms with Crippen molar-refractivity contribution in [2.24, 2.45) is 0 Å². The minimum absolute atomic E-state index is 0.144. The van der Waals surface area contributed by atoms with Crippen molar-refractivity contribution < 1.29 is 26.7 Å². The van der Waals surface area contributed by atoms with Gasteiger partial charge in [0.25, 0.3) is 5.91 Å². The number of nitriles is 1. The van der Waals surface area contributed by atoms with E-state index in [1.807, 2.05) is 0 Å². The molecule has 2 aromatic rings. The molecule has 1 saturated heterocycles. The summed E-state index contributed by atoms with van der Waals surface area (Å²) in [6, 6.07) is 4.76. The number of aromatic nitrogens is 1. The van der Waals surface area contributed by atoms with Crippen molar-refractivity contribution in [1.29, 1.82) is 5.26 Å². The lowest BCUT2D eigenvalue weighted by Crippen LogP contribution is -2.55. The summed E-state index contributed by atoms with van der Waals surface area (Å²) in [5.41, 5.74) is -3.85. The van der Waals surface area contributed by atoms with Gasteiger partial charge in [0.15, 0.2) is 10.8 Å². The van der Waals surface area contributed by atoms with Gasteiger partial charge in [-0.25, -0.2) is 13.8 Å². The number of thiocarbonyl (C=S) groups is 1. The standard InChI is InChI=1S/C19H11F5N4OS/c20-10-2-3-15(13(21)6-10)28-17(30)27(16(29)18(28)4-1-5-18)11-7-12(19(22,23)24)14(8-25)26-9-11/h2-3,6-7,9H,1,4-5H2. The fourth-order valence-corrected chi connectivity index (χ4v) is 4.19. The number of hydrogen-bond donors (Lipinski definition) is 0. The molecule has 4 rings (SSSR count). The van der Waals surface area contributed by atoms with Crippen LogP contribution in [-0.4, -0.2) is 21.5 Å². The fraction of sp³-hybridized carbons (Fsp3) is 0.263. The first-order valence-electron chi connectivity index (χ1n) is 8.71. The van der Waals surface area contributed by atoms with Gasteiger partial charge in [0.1, 0.15) is 23.2 Å². The van der Waals surface area contributed by atoms with E-state index in [1.54, 1.807) is 0 Å². The molecule has 0 radical (unpaired) electrons. The van der Waals surface area contributed by atoms with Gasteiger partial charge in [0.05, 0.1) is 23.1 Å². The highest BCUT2D eigenvalue weighted by atomic mass is 32.1. The van der Waals surface area contributed by atoms with Crippen LogP contribution in [0.4, 0.5) is 33.3 Å². The number of pyridine rings is 1. The number of amides is 1. The molecule has 2 fully saturated rings. The third-order valence-corrected chi connectivity index (χ3v) is 5.65. The van der Waals surface area contributed by atoms with Gasteiger partial charge in [-0.1, -0.05) is 0 Å². The molecule has 0 bridgehead atoms. The monoisotopic (exact) mass is 438 g/mol. The van der Waals surface area contributed by atoms with Crippen molar-refractivity contribution in [3.8, 4) is 6.07 Å². The Morgan fingerprint density at radius 3 is 2.43 bits per heavy atom. The Morgan fingerprint density at radius 1 is 1.20 bits per heavy atom. The molecule has 1 aromatic heterocycles. The fourth-order valence-electron chi connectivity index (χ4n) is 3.73. The van der Waals surface area contributed by atoms with E-state index in [4.69, 9.17) is 17.5 Å². The molecule has 1 aliphatic carbocycles. The smallest absolute Gasteiger partial charge is 0.300 e. The third-order valence-electron chi connectivity index (χ3n) is 5.29. The highest BCUT2D eigenvalue weighted by Crippen LogP contribution is 2.48. The van der Waals surface area contributed by atoms with Crippen molar-refractivity contribution in [3.63, 3.8) is 0 Å². The average molecular weight is 438 g/mol. The minimum atomic E-state index is -4.88. The molecular formula is C19H11F5N4OS. The molecule has 154 valence electrons. The summed E-state index contributed by atoms with van der Waals surface area (Å²) in [5.74, 6) is -2.40. The van der Waals surface area contributed by atoms with E-state index in [-0.39, 0.29) is 16.5 Å². The SMILES string of the molecule is N#Cc1ncc(N2C(=O)C3(CCC3)N(c3ccc(F)cc3F)C2=S)cc1C(F)(F)F. The van der Waals surface area contributed by atoms with Crippen LogP contribution >= 0.6 is 12.2 Å². The Kier molecular flexibility index (Phi) is 4.50. The Morgan fingerprint density at radius 2 is 1.90 bits per heavy atom. The zero-order chi connectivity index (χ0) is 21.8. The Labute approximate surface area is 172 Å². The maximum Gasteiger partial charge on any atom is 0.419 e. The Hall–Kier alpha value is -3.13. The number of carbonyl (C=O) groups is 1. The first kappa shape index (κ1) is 20.2. The van der Waals surface area contributed by atoms with Gasteiger partial charge in [-0.3, -0.25) is 9.69 Å². The quantitative estimate of drug-likeness (QED) is 0.517. The maximum atomic E-state index is 14.5. The number of rotatable bonds is 2. The molecule has 1 spiro atoms. The highest BCUT2D eigenvalue weighted by Gasteiger charge is 2.60. The second-order valence-corrected chi connectivity index (χ2v) is 7.30. The van der Waals surface area contributed by atoms with Crippen LogP contribution in [0.2, 0.25) is 0 Å². The van der Waals surface area contributed by atoms with Crippen LogP contribution < -0.4 is 9.80 Å². The van der Waals surface area contributed by atoms with Gasteiger partial charge in [-0.15, -0.1) is 0 Å². The lowest BCUT2D eigenvalue weighted by molar-refractivity contribution is -0.138. The van der Waals surface area contributed by atoms with Crippen molar-refractivity contribution in [2.75, 3.05) is 9.80 Å². The van der Waals surface area contributed by atoms with Crippen molar-refractivity contribution in [1.82, 2.24) is 4.98 Å². The summed E-state index contributed by atoms with van der Waals surface area (Å²) in [4.78, 5) is 18.8. The second-order valence-electron chi connectivity index (χ2n) is 6.94. The number of alkyl halides is 3. The molecule has 1 amide bonds. The van der Waals surface area contributed by atoms with E-state index < -0.39 is 40.5 Å². The van der Waals surface area contributed by atoms with E-state index in [0.29, 0.717) is 31.4 Å². The molecule has 1 saturated carbocycles. The number of benzene rings is 1. The number of hydrogen-bond acceptors (Lipinski definition) is 4. The highest BCUT2D eigenvalue weighted by molar-refractivity contribution is 7.81. The molecule has 1 aromatic carbocycles. The van der Waals surface area contributed by atoms with Crippen LogP contribution in [0.25, 0.3) is 0 Å². The zero-order valence-corrected chi connectivity index (χ0v) is 15.8. The number of carbonyl (C=O) groups excluding carboxylic acids is 1. The molecule has 2 aliphatic rings. The van der Waals surface area contributed by atoms with Crippen LogP contribution in [0.5, 0.6) is 0 Å². The largest absolute Gasteiger partial charge is 0.419 e. The summed E-state index contributed by atoms with van der Waals surface area (Å²) < 4.78 is 67.8. The van der Waals surface area contributed by atoms with Crippen LogP contribution in [0.1, 0.15) is 30.5 Å². The van der Waals surface area contributed by atoms with Crippen LogP contribution in [0.15, 0.2) is 30.5 Å². The van der Waals surface area contributed by atoms with E-state index in [0.717, 1.165) is 23.2 Å². The zero-order valence-electron chi connectivity index (χ0n) is 15.0. The maximum absolute atomic E-state index is 14.5. The number of nitrogens with zero attached hydrogens (tertiary/aromatic N) is 4. The first-order valence-corrected chi connectivity index (χ1v) is 9.12. The normalized spacial score (nSPS) is 18.0.